The Morgan fingerprint density at radius 1 is 1.38 bits per heavy atom. The average Bonchev–Trinajstić information content (AvgIpc) is 2.44. The van der Waals surface area contributed by atoms with Crippen molar-refractivity contribution in [3.63, 3.8) is 0 Å². The number of benzene rings is 1. The molecule has 0 spiro atoms. The predicted molar refractivity (Wildman–Crippen MR) is 77.2 cm³/mol. The molecule has 0 aliphatic carbocycles. The summed E-state index contributed by atoms with van der Waals surface area (Å²) in [4.78, 5) is 21.8. The first-order valence-corrected chi connectivity index (χ1v) is 6.60. The summed E-state index contributed by atoms with van der Waals surface area (Å²) in [6.07, 6.45) is -0.783. The van der Waals surface area contributed by atoms with Crippen LogP contribution in [0, 0.1) is 10.1 Å². The number of hydrogen-bond donors (Lipinski definition) is 1. The predicted octanol–water partition coefficient (Wildman–Crippen LogP) is 2.03. The summed E-state index contributed by atoms with van der Waals surface area (Å²) in [7, 11) is 1.28. The standard InChI is InChI=1S/C14H20N2O5/c1-9(2)15-8-11-7-12(16(18)19)5-6-13(11)21-10(3)14(17)20-4/h5-7,9-10,15H,8H2,1-4H3. The first kappa shape index (κ1) is 16.9. The maximum atomic E-state index is 11.4. The monoisotopic (exact) mass is 296 g/mol. The number of nitro groups is 1. The van der Waals surface area contributed by atoms with Crippen molar-refractivity contribution < 1.29 is 19.2 Å². The number of nitro benzene ring substituents is 1. The van der Waals surface area contributed by atoms with Crippen molar-refractivity contribution in [3.8, 4) is 5.75 Å². The van der Waals surface area contributed by atoms with Crippen LogP contribution >= 0.6 is 0 Å². The van der Waals surface area contributed by atoms with Crippen LogP contribution in [-0.4, -0.2) is 30.1 Å². The summed E-state index contributed by atoms with van der Waals surface area (Å²) in [6, 6.07) is 4.50. The van der Waals surface area contributed by atoms with Crippen molar-refractivity contribution in [3.05, 3.63) is 33.9 Å². The number of methoxy groups -OCH3 is 1. The highest BCUT2D eigenvalue weighted by Crippen LogP contribution is 2.25. The lowest BCUT2D eigenvalue weighted by Gasteiger charge is -2.16. The zero-order valence-electron chi connectivity index (χ0n) is 12.6. The second kappa shape index (κ2) is 7.58. The quantitative estimate of drug-likeness (QED) is 0.470. The number of carbonyl (C=O) groups excluding carboxylic acids is 1. The van der Waals surface area contributed by atoms with Crippen molar-refractivity contribution in [2.24, 2.45) is 0 Å². The van der Waals surface area contributed by atoms with Crippen molar-refractivity contribution in [2.45, 2.75) is 39.5 Å². The van der Waals surface area contributed by atoms with Crippen molar-refractivity contribution in [1.29, 1.82) is 0 Å². The van der Waals surface area contributed by atoms with Crippen LogP contribution in [-0.2, 0) is 16.1 Å². The van der Waals surface area contributed by atoms with Crippen LogP contribution in [0.1, 0.15) is 26.3 Å². The topological polar surface area (TPSA) is 90.7 Å². The Labute approximate surface area is 123 Å². The van der Waals surface area contributed by atoms with E-state index in [2.05, 4.69) is 10.1 Å². The van der Waals surface area contributed by atoms with Crippen LogP contribution in [0.25, 0.3) is 0 Å². The zero-order chi connectivity index (χ0) is 16.0. The van der Waals surface area contributed by atoms with Gasteiger partial charge in [-0.2, -0.15) is 0 Å². The molecule has 21 heavy (non-hydrogen) atoms. The van der Waals surface area contributed by atoms with Gasteiger partial charge in [-0.25, -0.2) is 4.79 Å². The molecule has 1 rings (SSSR count). The minimum absolute atomic E-state index is 0.0198. The number of ether oxygens (including phenoxy) is 2. The van der Waals surface area contributed by atoms with Gasteiger partial charge in [0.05, 0.1) is 12.0 Å². The number of carbonyl (C=O) groups is 1. The van der Waals surface area contributed by atoms with E-state index in [4.69, 9.17) is 4.74 Å². The van der Waals surface area contributed by atoms with Crippen molar-refractivity contribution in [1.82, 2.24) is 5.32 Å². The van der Waals surface area contributed by atoms with Gasteiger partial charge in [-0.05, 0) is 13.0 Å². The van der Waals surface area contributed by atoms with E-state index in [0.717, 1.165) is 0 Å². The maximum Gasteiger partial charge on any atom is 0.346 e. The normalized spacial score (nSPS) is 12.0. The Bertz CT molecular complexity index is 516. The zero-order valence-corrected chi connectivity index (χ0v) is 12.6. The molecule has 0 aromatic heterocycles. The first-order valence-electron chi connectivity index (χ1n) is 6.60. The maximum absolute atomic E-state index is 11.4. The molecule has 0 saturated heterocycles. The molecule has 1 N–H and O–H groups in total. The van der Waals surface area contributed by atoms with Crippen LogP contribution in [0.4, 0.5) is 5.69 Å². The minimum atomic E-state index is -0.783. The molecular formula is C14H20N2O5. The summed E-state index contributed by atoms with van der Waals surface area (Å²) < 4.78 is 10.1. The van der Waals surface area contributed by atoms with Gasteiger partial charge in [-0.1, -0.05) is 13.8 Å². The lowest BCUT2D eigenvalue weighted by atomic mass is 10.1. The van der Waals surface area contributed by atoms with Gasteiger partial charge in [0.25, 0.3) is 5.69 Å². The molecule has 116 valence electrons. The minimum Gasteiger partial charge on any atom is -0.479 e. The second-order valence-electron chi connectivity index (χ2n) is 4.87. The van der Waals surface area contributed by atoms with Crippen LogP contribution in [0.3, 0.4) is 0 Å². The average molecular weight is 296 g/mol. The molecule has 0 amide bonds. The van der Waals surface area contributed by atoms with Gasteiger partial charge in [-0.15, -0.1) is 0 Å². The fourth-order valence-electron chi connectivity index (χ4n) is 1.65. The molecular weight excluding hydrogens is 276 g/mol. The molecule has 0 aliphatic heterocycles. The fraction of sp³-hybridized carbons (Fsp3) is 0.500. The van der Waals surface area contributed by atoms with Gasteiger partial charge >= 0.3 is 5.97 Å². The summed E-state index contributed by atoms with van der Waals surface area (Å²) in [5, 5.41) is 14.0. The van der Waals surface area contributed by atoms with Crippen molar-refractivity contribution in [2.75, 3.05) is 7.11 Å². The smallest absolute Gasteiger partial charge is 0.346 e. The Balaban J connectivity index is 3.00. The van der Waals surface area contributed by atoms with E-state index in [1.54, 1.807) is 6.92 Å². The number of non-ortho nitro benzene ring substituents is 1. The van der Waals surface area contributed by atoms with Crippen molar-refractivity contribution >= 4 is 11.7 Å². The summed E-state index contributed by atoms with van der Waals surface area (Å²) >= 11 is 0. The summed E-state index contributed by atoms with van der Waals surface area (Å²) in [5.74, 6) is -0.0808. The van der Waals surface area contributed by atoms with Gasteiger partial charge in [0, 0.05) is 30.3 Å². The van der Waals surface area contributed by atoms with Gasteiger partial charge in [0.15, 0.2) is 6.10 Å². The van der Waals surface area contributed by atoms with E-state index in [1.807, 2.05) is 13.8 Å². The molecule has 1 atom stereocenters. The lowest BCUT2D eigenvalue weighted by Crippen LogP contribution is -2.26. The van der Waals surface area contributed by atoms with Gasteiger partial charge in [-0.3, -0.25) is 10.1 Å². The van der Waals surface area contributed by atoms with Crippen LogP contribution in [0.15, 0.2) is 18.2 Å². The Kier molecular flexibility index (Phi) is 6.10. The molecule has 1 aromatic carbocycles. The number of nitrogens with one attached hydrogen (secondary N) is 1. The Hall–Kier alpha value is -2.15. The van der Waals surface area contributed by atoms with E-state index < -0.39 is 17.0 Å². The molecule has 7 heteroatoms. The molecule has 0 radical (unpaired) electrons. The lowest BCUT2D eigenvalue weighted by molar-refractivity contribution is -0.384. The molecule has 0 heterocycles. The summed E-state index contributed by atoms with van der Waals surface area (Å²) in [6.45, 7) is 5.90. The van der Waals surface area contributed by atoms with Crippen LogP contribution in [0.2, 0.25) is 0 Å². The third-order valence-electron chi connectivity index (χ3n) is 2.79. The highest BCUT2D eigenvalue weighted by Gasteiger charge is 2.18. The van der Waals surface area contributed by atoms with Gasteiger partial charge in [0.1, 0.15) is 5.75 Å². The first-order chi connectivity index (χ1) is 9.85. The highest BCUT2D eigenvalue weighted by molar-refractivity contribution is 5.74. The molecule has 0 fully saturated rings. The molecule has 0 bridgehead atoms. The van der Waals surface area contributed by atoms with E-state index >= 15 is 0 Å². The number of rotatable bonds is 7. The number of esters is 1. The van der Waals surface area contributed by atoms with E-state index in [1.165, 1.54) is 25.3 Å². The fourth-order valence-corrected chi connectivity index (χ4v) is 1.65. The number of nitrogens with zero attached hydrogens (tertiary/aromatic N) is 1. The van der Waals surface area contributed by atoms with Crippen LogP contribution in [0.5, 0.6) is 5.75 Å². The highest BCUT2D eigenvalue weighted by atomic mass is 16.6. The third kappa shape index (κ3) is 5.03. The molecule has 7 nitrogen and oxygen atoms in total. The largest absolute Gasteiger partial charge is 0.479 e. The second-order valence-corrected chi connectivity index (χ2v) is 4.87. The van der Waals surface area contributed by atoms with E-state index in [9.17, 15) is 14.9 Å². The number of hydrogen-bond acceptors (Lipinski definition) is 6. The van der Waals surface area contributed by atoms with E-state index in [0.29, 0.717) is 17.9 Å². The van der Waals surface area contributed by atoms with Gasteiger partial charge < -0.3 is 14.8 Å². The van der Waals surface area contributed by atoms with Gasteiger partial charge in [0.2, 0.25) is 0 Å². The molecule has 0 saturated carbocycles. The van der Waals surface area contributed by atoms with Crippen LogP contribution < -0.4 is 10.1 Å². The molecule has 0 aliphatic rings. The SMILES string of the molecule is COC(=O)C(C)Oc1ccc([N+](=O)[O-])cc1CNC(C)C. The molecule has 1 unspecified atom stereocenters. The Morgan fingerprint density at radius 3 is 2.57 bits per heavy atom. The summed E-state index contributed by atoms with van der Waals surface area (Å²) in [5.41, 5.74) is 0.599. The molecule has 1 aromatic rings. The Morgan fingerprint density at radius 2 is 2.05 bits per heavy atom. The third-order valence-corrected chi connectivity index (χ3v) is 2.79. The van der Waals surface area contributed by atoms with E-state index in [-0.39, 0.29) is 11.7 Å².